The summed E-state index contributed by atoms with van der Waals surface area (Å²) in [6.07, 6.45) is 6.59. The van der Waals surface area contributed by atoms with Crippen molar-refractivity contribution in [3.05, 3.63) is 0 Å². The van der Waals surface area contributed by atoms with Gasteiger partial charge in [0.25, 0.3) is 0 Å². The van der Waals surface area contributed by atoms with E-state index in [0.717, 1.165) is 18.0 Å². The van der Waals surface area contributed by atoms with E-state index < -0.39 is 0 Å². The first-order valence-corrected chi connectivity index (χ1v) is 7.22. The van der Waals surface area contributed by atoms with Crippen LogP contribution in [0.15, 0.2) is 0 Å². The van der Waals surface area contributed by atoms with Gasteiger partial charge >= 0.3 is 0 Å². The zero-order valence-corrected chi connectivity index (χ0v) is 11.6. The standard InChI is InChI=1S/C12H24BrNO/c1-11(7-10-15-2)14-9-4-6-12(14)5-3-8-13/h11-12H,3-10H2,1-2H3. The van der Waals surface area contributed by atoms with Crippen LogP contribution in [0.5, 0.6) is 0 Å². The van der Waals surface area contributed by atoms with E-state index in [9.17, 15) is 0 Å². The molecule has 2 atom stereocenters. The fraction of sp³-hybridized carbons (Fsp3) is 1.00. The van der Waals surface area contributed by atoms with Gasteiger partial charge in [-0.3, -0.25) is 4.90 Å². The first kappa shape index (κ1) is 13.5. The van der Waals surface area contributed by atoms with Crippen LogP contribution in [-0.4, -0.2) is 42.6 Å². The number of likely N-dealkylation sites (tertiary alicyclic amines) is 1. The van der Waals surface area contributed by atoms with E-state index in [2.05, 4.69) is 27.8 Å². The molecule has 15 heavy (non-hydrogen) atoms. The highest BCUT2D eigenvalue weighted by molar-refractivity contribution is 9.09. The molecule has 0 saturated carbocycles. The summed E-state index contributed by atoms with van der Waals surface area (Å²) in [6.45, 7) is 4.52. The van der Waals surface area contributed by atoms with E-state index in [0.29, 0.717) is 6.04 Å². The number of halogens is 1. The lowest BCUT2D eigenvalue weighted by molar-refractivity contribution is 0.126. The Kier molecular flexibility index (Phi) is 6.86. The van der Waals surface area contributed by atoms with Crippen LogP contribution in [0, 0.1) is 0 Å². The monoisotopic (exact) mass is 277 g/mol. The first-order chi connectivity index (χ1) is 7.29. The van der Waals surface area contributed by atoms with Crippen LogP contribution >= 0.6 is 15.9 Å². The van der Waals surface area contributed by atoms with E-state index in [1.807, 2.05) is 0 Å². The maximum absolute atomic E-state index is 5.15. The van der Waals surface area contributed by atoms with Gasteiger partial charge in [0.15, 0.2) is 0 Å². The van der Waals surface area contributed by atoms with Crippen molar-refractivity contribution in [1.82, 2.24) is 4.90 Å². The van der Waals surface area contributed by atoms with Crippen LogP contribution in [0.4, 0.5) is 0 Å². The molecule has 1 saturated heterocycles. The molecule has 0 aliphatic carbocycles. The SMILES string of the molecule is COCCC(C)N1CCCC1CCCBr. The van der Waals surface area contributed by atoms with Crippen LogP contribution < -0.4 is 0 Å². The van der Waals surface area contributed by atoms with Gasteiger partial charge in [0.05, 0.1) is 0 Å². The normalized spacial score (nSPS) is 24.6. The lowest BCUT2D eigenvalue weighted by Gasteiger charge is -2.30. The Labute approximate surface area is 102 Å². The Bertz CT molecular complexity index is 166. The summed E-state index contributed by atoms with van der Waals surface area (Å²) in [5, 5.41) is 1.14. The van der Waals surface area contributed by atoms with E-state index >= 15 is 0 Å². The molecule has 0 amide bonds. The molecule has 0 aromatic heterocycles. The van der Waals surface area contributed by atoms with Crippen molar-refractivity contribution in [3.8, 4) is 0 Å². The molecule has 0 aromatic carbocycles. The van der Waals surface area contributed by atoms with Crippen LogP contribution in [0.2, 0.25) is 0 Å². The Morgan fingerprint density at radius 2 is 2.33 bits per heavy atom. The summed E-state index contributed by atoms with van der Waals surface area (Å²) in [4.78, 5) is 2.68. The third-order valence-electron chi connectivity index (χ3n) is 3.40. The van der Waals surface area contributed by atoms with Crippen molar-refractivity contribution >= 4 is 15.9 Å². The number of nitrogens with zero attached hydrogens (tertiary/aromatic N) is 1. The number of ether oxygens (including phenoxy) is 1. The highest BCUT2D eigenvalue weighted by Crippen LogP contribution is 2.25. The van der Waals surface area contributed by atoms with Gasteiger partial charge in [0, 0.05) is 31.1 Å². The Balaban J connectivity index is 2.30. The molecule has 90 valence electrons. The molecule has 1 rings (SSSR count). The second-order valence-corrected chi connectivity index (χ2v) is 5.29. The number of alkyl halides is 1. The van der Waals surface area contributed by atoms with E-state index in [1.165, 1.54) is 38.6 Å². The second-order valence-electron chi connectivity index (χ2n) is 4.50. The predicted octanol–water partition coefficient (Wildman–Crippen LogP) is 3.05. The molecular formula is C12H24BrNO. The summed E-state index contributed by atoms with van der Waals surface area (Å²) in [6, 6.07) is 1.52. The van der Waals surface area contributed by atoms with Gasteiger partial charge in [-0.1, -0.05) is 15.9 Å². The summed E-state index contributed by atoms with van der Waals surface area (Å²) in [5.74, 6) is 0. The van der Waals surface area contributed by atoms with Crippen molar-refractivity contribution in [2.75, 3.05) is 25.6 Å². The summed E-state index contributed by atoms with van der Waals surface area (Å²) in [5.41, 5.74) is 0. The Hall–Kier alpha value is 0.400. The van der Waals surface area contributed by atoms with Crippen molar-refractivity contribution in [3.63, 3.8) is 0 Å². The zero-order valence-electron chi connectivity index (χ0n) is 10.0. The molecule has 1 aliphatic heterocycles. The molecule has 1 heterocycles. The Morgan fingerprint density at radius 1 is 1.53 bits per heavy atom. The van der Waals surface area contributed by atoms with Crippen LogP contribution in [0.1, 0.15) is 39.0 Å². The molecule has 0 radical (unpaired) electrons. The molecule has 2 nitrogen and oxygen atoms in total. The lowest BCUT2D eigenvalue weighted by atomic mass is 10.1. The minimum atomic E-state index is 0.688. The lowest BCUT2D eigenvalue weighted by Crippen LogP contribution is -2.37. The molecule has 3 heteroatoms. The number of methoxy groups -OCH3 is 1. The molecule has 0 N–H and O–H groups in total. The fourth-order valence-corrected chi connectivity index (χ4v) is 2.84. The van der Waals surface area contributed by atoms with Crippen molar-refractivity contribution in [2.24, 2.45) is 0 Å². The van der Waals surface area contributed by atoms with Gasteiger partial charge in [-0.15, -0.1) is 0 Å². The molecule has 1 aliphatic rings. The average Bonchev–Trinajstić information content (AvgIpc) is 2.71. The molecule has 1 fully saturated rings. The summed E-state index contributed by atoms with van der Waals surface area (Å²) in [7, 11) is 1.79. The van der Waals surface area contributed by atoms with Gasteiger partial charge in [-0.2, -0.15) is 0 Å². The molecule has 0 spiro atoms. The molecule has 0 bridgehead atoms. The summed E-state index contributed by atoms with van der Waals surface area (Å²) >= 11 is 3.52. The maximum Gasteiger partial charge on any atom is 0.0477 e. The number of rotatable bonds is 7. The van der Waals surface area contributed by atoms with Gasteiger partial charge in [0.2, 0.25) is 0 Å². The summed E-state index contributed by atoms with van der Waals surface area (Å²) < 4.78 is 5.15. The van der Waals surface area contributed by atoms with Crippen LogP contribution in [0.3, 0.4) is 0 Å². The molecule has 0 aromatic rings. The minimum Gasteiger partial charge on any atom is -0.385 e. The van der Waals surface area contributed by atoms with Gasteiger partial charge in [-0.05, 0) is 45.6 Å². The van der Waals surface area contributed by atoms with Crippen LogP contribution in [0.25, 0.3) is 0 Å². The predicted molar refractivity (Wildman–Crippen MR) is 68.7 cm³/mol. The quantitative estimate of drug-likeness (QED) is 0.664. The molecule has 2 unspecified atom stereocenters. The zero-order chi connectivity index (χ0) is 11.1. The smallest absolute Gasteiger partial charge is 0.0477 e. The fourth-order valence-electron chi connectivity index (χ4n) is 2.52. The van der Waals surface area contributed by atoms with E-state index in [-0.39, 0.29) is 0 Å². The largest absolute Gasteiger partial charge is 0.385 e. The van der Waals surface area contributed by atoms with Crippen molar-refractivity contribution in [2.45, 2.75) is 51.1 Å². The second kappa shape index (κ2) is 7.64. The number of hydrogen-bond donors (Lipinski definition) is 0. The Morgan fingerprint density at radius 3 is 3.00 bits per heavy atom. The van der Waals surface area contributed by atoms with Crippen LogP contribution in [-0.2, 0) is 4.74 Å². The highest BCUT2D eigenvalue weighted by atomic mass is 79.9. The highest BCUT2D eigenvalue weighted by Gasteiger charge is 2.27. The molecular weight excluding hydrogens is 254 g/mol. The first-order valence-electron chi connectivity index (χ1n) is 6.10. The van der Waals surface area contributed by atoms with Gasteiger partial charge in [0.1, 0.15) is 0 Å². The van der Waals surface area contributed by atoms with Crippen molar-refractivity contribution < 1.29 is 4.74 Å². The topological polar surface area (TPSA) is 12.5 Å². The van der Waals surface area contributed by atoms with Gasteiger partial charge in [-0.25, -0.2) is 0 Å². The van der Waals surface area contributed by atoms with Crippen molar-refractivity contribution in [1.29, 1.82) is 0 Å². The van der Waals surface area contributed by atoms with E-state index in [4.69, 9.17) is 4.74 Å². The van der Waals surface area contributed by atoms with E-state index in [1.54, 1.807) is 7.11 Å². The third-order valence-corrected chi connectivity index (χ3v) is 3.96. The van der Waals surface area contributed by atoms with Gasteiger partial charge < -0.3 is 4.74 Å². The average molecular weight is 278 g/mol. The third kappa shape index (κ3) is 4.41. The minimum absolute atomic E-state index is 0.688. The number of hydrogen-bond acceptors (Lipinski definition) is 2. The maximum atomic E-state index is 5.15.